The summed E-state index contributed by atoms with van der Waals surface area (Å²) in [5.41, 5.74) is 2.78. The molecule has 0 amide bonds. The minimum atomic E-state index is -0.0929. The summed E-state index contributed by atoms with van der Waals surface area (Å²) in [7, 11) is 4.05. The second kappa shape index (κ2) is 5.80. The van der Waals surface area contributed by atoms with Crippen LogP contribution in [0.5, 0.6) is 5.88 Å². The van der Waals surface area contributed by atoms with Gasteiger partial charge in [-0.2, -0.15) is 5.26 Å². The largest absolute Gasteiger partial charge is 0.475 e. The van der Waals surface area contributed by atoms with Crippen molar-refractivity contribution in [3.63, 3.8) is 0 Å². The van der Waals surface area contributed by atoms with E-state index >= 15 is 0 Å². The average Bonchev–Trinajstić information content (AvgIpc) is 2.43. The number of ether oxygens (including phenoxy) is 1. The normalized spacial score (nSPS) is 14.8. The maximum Gasteiger partial charge on any atom is 0.231 e. The third-order valence-electron chi connectivity index (χ3n) is 4.16. The summed E-state index contributed by atoms with van der Waals surface area (Å²) >= 11 is 0. The van der Waals surface area contributed by atoms with Gasteiger partial charge in [0.25, 0.3) is 0 Å². The zero-order valence-corrected chi connectivity index (χ0v) is 12.9. The van der Waals surface area contributed by atoms with E-state index in [1.807, 2.05) is 20.2 Å². The molecule has 1 aliphatic rings. The molecule has 0 aromatic carbocycles. The fourth-order valence-electron chi connectivity index (χ4n) is 2.18. The maximum atomic E-state index is 9.28. The van der Waals surface area contributed by atoms with Crippen LogP contribution in [0.3, 0.4) is 0 Å². The number of aromatic nitrogens is 1. The first-order valence-electron chi connectivity index (χ1n) is 7.17. The molecule has 1 aliphatic carbocycles. The minimum Gasteiger partial charge on any atom is -0.475 e. The first-order valence-corrected chi connectivity index (χ1v) is 7.17. The number of hydrogen-bond donors (Lipinski definition) is 0. The summed E-state index contributed by atoms with van der Waals surface area (Å²) in [4.78, 5) is 6.69. The molecular formula is C16H23N3O. The Morgan fingerprint density at radius 1 is 1.35 bits per heavy atom. The monoisotopic (exact) mass is 273 g/mol. The van der Waals surface area contributed by atoms with Gasteiger partial charge in [-0.3, -0.25) is 0 Å². The zero-order chi connectivity index (χ0) is 14.8. The molecule has 0 atom stereocenters. The van der Waals surface area contributed by atoms with E-state index in [2.05, 4.69) is 29.8 Å². The van der Waals surface area contributed by atoms with Crippen LogP contribution in [-0.4, -0.2) is 36.1 Å². The summed E-state index contributed by atoms with van der Waals surface area (Å²) in [5.74, 6) is 0.489. The molecule has 1 aromatic rings. The molecule has 0 saturated heterocycles. The van der Waals surface area contributed by atoms with E-state index in [4.69, 9.17) is 4.74 Å². The highest BCUT2D eigenvalue weighted by Crippen LogP contribution is 2.26. The molecule has 0 N–H and O–H groups in total. The Labute approximate surface area is 121 Å². The van der Waals surface area contributed by atoms with Gasteiger partial charge in [0.2, 0.25) is 5.88 Å². The van der Waals surface area contributed by atoms with Crippen LogP contribution in [0, 0.1) is 11.3 Å². The molecule has 0 aliphatic heterocycles. The molecule has 108 valence electrons. The van der Waals surface area contributed by atoms with Crippen molar-refractivity contribution >= 4 is 0 Å². The number of likely N-dealkylation sites (N-methyl/N-ethyl adjacent to an activating group) is 1. The van der Waals surface area contributed by atoms with Crippen LogP contribution in [0.1, 0.15) is 43.5 Å². The van der Waals surface area contributed by atoms with Gasteiger partial charge in [0.15, 0.2) is 0 Å². The molecule has 2 rings (SSSR count). The zero-order valence-electron chi connectivity index (χ0n) is 12.9. The number of nitrogens with zero attached hydrogens (tertiary/aromatic N) is 3. The minimum absolute atomic E-state index is 0.0929. The second-order valence-electron chi connectivity index (χ2n) is 6.26. The number of pyridine rings is 1. The summed E-state index contributed by atoms with van der Waals surface area (Å²) in [6.07, 6.45) is 4.39. The van der Waals surface area contributed by atoms with Crippen molar-refractivity contribution in [3.8, 4) is 11.9 Å². The molecule has 1 aromatic heterocycles. The van der Waals surface area contributed by atoms with E-state index in [-0.39, 0.29) is 5.54 Å². The van der Waals surface area contributed by atoms with Crippen molar-refractivity contribution in [2.75, 3.05) is 20.7 Å². The molecule has 0 bridgehead atoms. The van der Waals surface area contributed by atoms with E-state index in [1.165, 1.54) is 18.4 Å². The van der Waals surface area contributed by atoms with Gasteiger partial charge in [-0.05, 0) is 65.3 Å². The summed E-state index contributed by atoms with van der Waals surface area (Å²) in [5, 5.41) is 9.28. The van der Waals surface area contributed by atoms with Crippen molar-refractivity contribution in [2.45, 2.75) is 45.1 Å². The van der Waals surface area contributed by atoms with Gasteiger partial charge < -0.3 is 9.64 Å². The molecule has 4 heteroatoms. The molecular weight excluding hydrogens is 250 g/mol. The lowest BCUT2D eigenvalue weighted by Gasteiger charge is -2.32. The Balaban J connectivity index is 2.21. The third-order valence-corrected chi connectivity index (χ3v) is 4.16. The smallest absolute Gasteiger partial charge is 0.231 e. The van der Waals surface area contributed by atoms with Crippen LogP contribution in [0.4, 0.5) is 0 Å². The molecule has 1 heterocycles. The Hall–Kier alpha value is -1.60. The Morgan fingerprint density at radius 2 is 2.05 bits per heavy atom. The topological polar surface area (TPSA) is 49.1 Å². The Morgan fingerprint density at radius 3 is 2.70 bits per heavy atom. The number of hydrogen-bond acceptors (Lipinski definition) is 4. The van der Waals surface area contributed by atoms with Crippen LogP contribution in [-0.2, 0) is 12.8 Å². The van der Waals surface area contributed by atoms with Gasteiger partial charge in [-0.25, -0.2) is 4.98 Å². The van der Waals surface area contributed by atoms with E-state index in [0.717, 1.165) is 18.5 Å². The van der Waals surface area contributed by atoms with Crippen LogP contribution in [0.2, 0.25) is 0 Å². The molecule has 0 spiro atoms. The quantitative estimate of drug-likeness (QED) is 0.846. The summed E-state index contributed by atoms with van der Waals surface area (Å²) < 4.78 is 5.84. The standard InChI is InChI=1S/C16H23N3O/c1-16(2,19(3)4)11-20-15-13(10-17)9-12-7-5-6-8-14(12)18-15/h9H,5-8,11H2,1-4H3. The molecule has 0 unspecified atom stereocenters. The predicted molar refractivity (Wildman–Crippen MR) is 78.9 cm³/mol. The Kier molecular flexibility index (Phi) is 4.29. The van der Waals surface area contributed by atoms with E-state index in [0.29, 0.717) is 18.1 Å². The lowest BCUT2D eigenvalue weighted by Crippen LogP contribution is -2.43. The highest BCUT2D eigenvalue weighted by Gasteiger charge is 2.23. The van der Waals surface area contributed by atoms with Crippen molar-refractivity contribution in [1.29, 1.82) is 5.26 Å². The fourth-order valence-corrected chi connectivity index (χ4v) is 2.18. The summed E-state index contributed by atoms with van der Waals surface area (Å²) in [6, 6.07) is 4.17. The van der Waals surface area contributed by atoms with E-state index < -0.39 is 0 Å². The highest BCUT2D eigenvalue weighted by atomic mass is 16.5. The van der Waals surface area contributed by atoms with Crippen LogP contribution >= 0.6 is 0 Å². The van der Waals surface area contributed by atoms with Crippen molar-refractivity contribution < 1.29 is 4.74 Å². The van der Waals surface area contributed by atoms with Gasteiger partial charge in [0.1, 0.15) is 18.2 Å². The Bertz CT molecular complexity index is 529. The third kappa shape index (κ3) is 3.10. The number of fused-ring (bicyclic) bond motifs is 1. The number of aryl methyl sites for hydroxylation is 2. The first-order chi connectivity index (χ1) is 9.44. The maximum absolute atomic E-state index is 9.28. The lowest BCUT2D eigenvalue weighted by molar-refractivity contribution is 0.110. The van der Waals surface area contributed by atoms with Crippen LogP contribution < -0.4 is 4.74 Å². The van der Waals surface area contributed by atoms with Gasteiger partial charge in [0, 0.05) is 11.2 Å². The van der Waals surface area contributed by atoms with Gasteiger partial charge in [-0.15, -0.1) is 0 Å². The molecule has 20 heavy (non-hydrogen) atoms. The molecule has 4 nitrogen and oxygen atoms in total. The lowest BCUT2D eigenvalue weighted by atomic mass is 9.95. The first kappa shape index (κ1) is 14.8. The van der Waals surface area contributed by atoms with Gasteiger partial charge in [0.05, 0.1) is 0 Å². The number of rotatable bonds is 4. The molecule has 0 radical (unpaired) electrons. The second-order valence-corrected chi connectivity index (χ2v) is 6.26. The van der Waals surface area contributed by atoms with Crippen molar-refractivity contribution in [1.82, 2.24) is 9.88 Å². The van der Waals surface area contributed by atoms with Gasteiger partial charge in [-0.1, -0.05) is 0 Å². The van der Waals surface area contributed by atoms with E-state index in [1.54, 1.807) is 0 Å². The fraction of sp³-hybridized carbons (Fsp3) is 0.625. The van der Waals surface area contributed by atoms with Crippen LogP contribution in [0.25, 0.3) is 0 Å². The SMILES string of the molecule is CN(C)C(C)(C)COc1nc2c(cc1C#N)CCCC2. The molecule has 0 fully saturated rings. The summed E-state index contributed by atoms with van der Waals surface area (Å²) in [6.45, 7) is 4.73. The molecule has 0 saturated carbocycles. The van der Waals surface area contributed by atoms with Crippen molar-refractivity contribution in [3.05, 3.63) is 22.9 Å². The van der Waals surface area contributed by atoms with Crippen molar-refractivity contribution in [2.24, 2.45) is 0 Å². The number of nitriles is 1. The van der Waals surface area contributed by atoms with Gasteiger partial charge >= 0.3 is 0 Å². The predicted octanol–water partition coefficient (Wildman–Crippen LogP) is 2.55. The highest BCUT2D eigenvalue weighted by molar-refractivity contribution is 5.43. The average molecular weight is 273 g/mol. The van der Waals surface area contributed by atoms with Crippen LogP contribution in [0.15, 0.2) is 6.07 Å². The van der Waals surface area contributed by atoms with E-state index in [9.17, 15) is 5.26 Å².